The van der Waals surface area contributed by atoms with Gasteiger partial charge in [-0.15, -0.1) is 23.2 Å². The molecule has 3 nitrogen and oxygen atoms in total. The second kappa shape index (κ2) is 5.89. The molecule has 0 aliphatic heterocycles. The molecule has 5 heteroatoms. The van der Waals surface area contributed by atoms with Gasteiger partial charge in [0.15, 0.2) is 0 Å². The zero-order valence-electron chi connectivity index (χ0n) is 13.7. The van der Waals surface area contributed by atoms with Gasteiger partial charge >= 0.3 is 0 Å². The molecular weight excluding hydrogens is 343 g/mol. The van der Waals surface area contributed by atoms with Crippen molar-refractivity contribution in [2.75, 3.05) is 6.54 Å². The smallest absolute Gasteiger partial charge is 0.234 e. The van der Waals surface area contributed by atoms with Crippen LogP contribution in [0.1, 0.15) is 43.7 Å². The summed E-state index contributed by atoms with van der Waals surface area (Å²) in [7, 11) is 0. The van der Waals surface area contributed by atoms with Crippen molar-refractivity contribution < 1.29 is 4.79 Å². The molecule has 1 amide bonds. The lowest BCUT2D eigenvalue weighted by Gasteiger charge is -2.63. The van der Waals surface area contributed by atoms with Crippen molar-refractivity contribution in [3.05, 3.63) is 35.9 Å². The molecule has 0 unspecified atom stereocenters. The van der Waals surface area contributed by atoms with Crippen LogP contribution in [0, 0.1) is 17.8 Å². The highest BCUT2D eigenvalue weighted by Gasteiger charge is 2.63. The molecule has 0 aromatic heterocycles. The third-order valence-electron chi connectivity index (χ3n) is 6.28. The number of nitrogens with two attached hydrogens (primary N) is 1. The average Bonchev–Trinajstić information content (AvgIpc) is 2.51. The van der Waals surface area contributed by atoms with Gasteiger partial charge in [0, 0.05) is 10.8 Å². The van der Waals surface area contributed by atoms with Gasteiger partial charge in [-0.05, 0) is 49.5 Å². The maximum Gasteiger partial charge on any atom is 0.234 e. The summed E-state index contributed by atoms with van der Waals surface area (Å²) in [6.45, 7) is -0.00191. The van der Waals surface area contributed by atoms with E-state index in [0.717, 1.165) is 31.2 Å². The monoisotopic (exact) mass is 366 g/mol. The molecule has 0 spiro atoms. The van der Waals surface area contributed by atoms with Crippen LogP contribution in [-0.4, -0.2) is 22.2 Å². The van der Waals surface area contributed by atoms with E-state index in [-0.39, 0.29) is 34.2 Å². The molecule has 6 atom stereocenters. The Balaban J connectivity index is 1.71. The molecule has 130 valence electrons. The summed E-state index contributed by atoms with van der Waals surface area (Å²) in [5.41, 5.74) is 6.67. The van der Waals surface area contributed by atoms with Gasteiger partial charge in [0.2, 0.25) is 5.91 Å². The number of benzene rings is 1. The Labute approximate surface area is 153 Å². The van der Waals surface area contributed by atoms with E-state index in [1.54, 1.807) is 0 Å². The molecule has 24 heavy (non-hydrogen) atoms. The standard InChI is InChI=1S/C19H24Cl2N2O/c20-18-7-12-6-14(9-18)16(19(21,8-12)11-18)17(23-15(24)10-22)13-4-2-1-3-5-13/h1-5,12,14,16-17H,6-11,22H2,(H,23,24)/t12-,14+,16-,17+,18+,19+/m1/s1. The van der Waals surface area contributed by atoms with E-state index >= 15 is 0 Å². The van der Waals surface area contributed by atoms with Gasteiger partial charge in [-0.2, -0.15) is 0 Å². The van der Waals surface area contributed by atoms with E-state index < -0.39 is 0 Å². The van der Waals surface area contributed by atoms with Gasteiger partial charge in [0.25, 0.3) is 0 Å². The van der Waals surface area contributed by atoms with E-state index in [2.05, 4.69) is 17.4 Å². The first kappa shape index (κ1) is 16.7. The van der Waals surface area contributed by atoms with Crippen molar-refractivity contribution in [1.29, 1.82) is 0 Å². The minimum Gasteiger partial charge on any atom is -0.348 e. The Morgan fingerprint density at radius 3 is 2.62 bits per heavy atom. The summed E-state index contributed by atoms with van der Waals surface area (Å²) in [5.74, 6) is 1.17. The van der Waals surface area contributed by atoms with Crippen molar-refractivity contribution in [1.82, 2.24) is 5.32 Å². The van der Waals surface area contributed by atoms with Crippen molar-refractivity contribution in [3.8, 4) is 0 Å². The molecule has 4 bridgehead atoms. The molecule has 0 radical (unpaired) electrons. The van der Waals surface area contributed by atoms with Crippen LogP contribution in [0.3, 0.4) is 0 Å². The third kappa shape index (κ3) is 2.75. The summed E-state index contributed by atoms with van der Waals surface area (Å²) in [5, 5.41) is 3.16. The zero-order chi connectivity index (χ0) is 16.9. The van der Waals surface area contributed by atoms with Crippen molar-refractivity contribution in [2.24, 2.45) is 23.5 Å². The number of alkyl halides is 2. The van der Waals surface area contributed by atoms with Crippen LogP contribution in [-0.2, 0) is 4.79 Å². The molecule has 0 saturated heterocycles. The molecule has 4 aliphatic rings. The van der Waals surface area contributed by atoms with Crippen LogP contribution >= 0.6 is 23.2 Å². The number of hydrogen-bond acceptors (Lipinski definition) is 2. The van der Waals surface area contributed by atoms with Crippen LogP contribution in [0.2, 0.25) is 0 Å². The molecule has 4 saturated carbocycles. The average molecular weight is 367 g/mol. The minimum atomic E-state index is -0.325. The molecule has 1 aromatic carbocycles. The SMILES string of the molecule is NCC(=O)N[C@@H](c1ccccc1)[C@H]1[C@H]2C[C@@H]3C[C@](Cl)(C2)C[C@@]1(Cl)C3. The molecule has 1 aromatic rings. The Morgan fingerprint density at radius 2 is 2.00 bits per heavy atom. The van der Waals surface area contributed by atoms with Crippen LogP contribution in [0.5, 0.6) is 0 Å². The highest BCUT2D eigenvalue weighted by Crippen LogP contribution is 2.66. The Morgan fingerprint density at radius 1 is 1.25 bits per heavy atom. The lowest BCUT2D eigenvalue weighted by Crippen LogP contribution is -2.62. The first-order valence-corrected chi connectivity index (χ1v) is 9.60. The maximum atomic E-state index is 12.1. The van der Waals surface area contributed by atoms with Crippen LogP contribution in [0.4, 0.5) is 0 Å². The fourth-order valence-electron chi connectivity index (χ4n) is 5.84. The van der Waals surface area contributed by atoms with E-state index in [9.17, 15) is 4.79 Å². The highest BCUT2D eigenvalue weighted by atomic mass is 35.5. The number of rotatable bonds is 4. The van der Waals surface area contributed by atoms with Gasteiger partial charge < -0.3 is 11.1 Å². The Kier molecular flexibility index (Phi) is 4.10. The molecule has 0 heterocycles. The number of nitrogens with one attached hydrogen (secondary N) is 1. The highest BCUT2D eigenvalue weighted by molar-refractivity contribution is 6.28. The quantitative estimate of drug-likeness (QED) is 0.799. The largest absolute Gasteiger partial charge is 0.348 e. The normalized spacial score (nSPS) is 41.2. The van der Waals surface area contributed by atoms with Gasteiger partial charge in [0.1, 0.15) is 0 Å². The van der Waals surface area contributed by atoms with E-state index in [0.29, 0.717) is 11.8 Å². The van der Waals surface area contributed by atoms with E-state index in [1.165, 1.54) is 6.42 Å². The lowest BCUT2D eigenvalue weighted by molar-refractivity contribution is -0.122. The lowest BCUT2D eigenvalue weighted by atomic mass is 9.49. The molecular formula is C19H24Cl2N2O. The van der Waals surface area contributed by atoms with Gasteiger partial charge in [0.05, 0.1) is 17.5 Å². The second-order valence-electron chi connectivity index (χ2n) is 8.02. The van der Waals surface area contributed by atoms with Crippen LogP contribution in [0.15, 0.2) is 30.3 Å². The van der Waals surface area contributed by atoms with Gasteiger partial charge in [-0.1, -0.05) is 30.3 Å². The number of amides is 1. The minimum absolute atomic E-state index is 0.00191. The summed E-state index contributed by atoms with van der Waals surface area (Å²) < 4.78 is 0. The predicted molar refractivity (Wildman–Crippen MR) is 97.1 cm³/mol. The number of hydrogen-bond donors (Lipinski definition) is 2. The first-order chi connectivity index (χ1) is 11.4. The zero-order valence-corrected chi connectivity index (χ0v) is 15.2. The summed E-state index contributed by atoms with van der Waals surface area (Å²) in [4.78, 5) is 11.6. The Hall–Kier alpha value is -0.770. The summed E-state index contributed by atoms with van der Waals surface area (Å²) in [6.07, 6.45) is 5.12. The molecule has 5 rings (SSSR count). The number of halogens is 2. The van der Waals surface area contributed by atoms with Crippen molar-refractivity contribution in [3.63, 3.8) is 0 Å². The van der Waals surface area contributed by atoms with E-state index in [1.807, 2.05) is 18.2 Å². The fraction of sp³-hybridized carbons (Fsp3) is 0.632. The predicted octanol–water partition coefficient (Wildman–Crippen LogP) is 3.60. The summed E-state index contributed by atoms with van der Waals surface area (Å²) >= 11 is 14.1. The fourth-order valence-corrected chi connectivity index (χ4v) is 7.34. The van der Waals surface area contributed by atoms with Gasteiger partial charge in [-0.3, -0.25) is 4.79 Å². The maximum absolute atomic E-state index is 12.1. The van der Waals surface area contributed by atoms with Crippen molar-refractivity contribution in [2.45, 2.75) is 47.9 Å². The number of carbonyl (C=O) groups excluding carboxylic acids is 1. The van der Waals surface area contributed by atoms with Crippen LogP contribution < -0.4 is 11.1 Å². The second-order valence-corrected chi connectivity index (χ2v) is 9.58. The molecule has 4 fully saturated rings. The van der Waals surface area contributed by atoms with Crippen molar-refractivity contribution >= 4 is 29.1 Å². The van der Waals surface area contributed by atoms with Gasteiger partial charge in [-0.25, -0.2) is 0 Å². The topological polar surface area (TPSA) is 55.1 Å². The van der Waals surface area contributed by atoms with Crippen LogP contribution in [0.25, 0.3) is 0 Å². The Bertz CT molecular complexity index is 640. The number of carbonyl (C=O) groups is 1. The molecule has 3 N–H and O–H groups in total. The van der Waals surface area contributed by atoms with E-state index in [4.69, 9.17) is 28.9 Å². The first-order valence-electron chi connectivity index (χ1n) is 8.85. The molecule has 4 aliphatic carbocycles. The third-order valence-corrected chi connectivity index (χ3v) is 7.26. The summed E-state index contributed by atoms with van der Waals surface area (Å²) in [6, 6.07) is 10.1.